The lowest BCUT2D eigenvalue weighted by Crippen LogP contribution is -2.07. The van der Waals surface area contributed by atoms with Crippen LogP contribution < -0.4 is 0 Å². The van der Waals surface area contributed by atoms with Crippen LogP contribution in [0.1, 0.15) is 0 Å². The fourth-order valence-corrected chi connectivity index (χ4v) is 15.7. The largest absolute Gasteiger partial charge is 0.348 e. The molecular weight excluding hydrogens is 404 g/mol. The monoisotopic (exact) mass is 403 g/mol. The minimum absolute atomic E-state index is 0.915. The van der Waals surface area contributed by atoms with Gasteiger partial charge in [0.15, 0.2) is 11.1 Å². The zero-order valence-electron chi connectivity index (χ0n) is 6.92. The Bertz CT molecular complexity index is 458. The molecule has 0 aromatic heterocycles. The van der Waals surface area contributed by atoms with Gasteiger partial charge in [-0.2, -0.15) is 13.5 Å². The fourth-order valence-electron chi connectivity index (χ4n) is 0.922. The molecule has 16 heavy (non-hydrogen) atoms. The molecule has 0 N–H and O–H groups in total. The van der Waals surface area contributed by atoms with Crippen LogP contribution in [-0.4, -0.2) is 11.1 Å². The van der Waals surface area contributed by atoms with E-state index in [1.807, 2.05) is 0 Å². The van der Waals surface area contributed by atoms with Crippen molar-refractivity contribution >= 4 is 87.6 Å². The van der Waals surface area contributed by atoms with Gasteiger partial charge in [0.05, 0.1) is 0 Å². The van der Waals surface area contributed by atoms with Gasteiger partial charge in [0.1, 0.15) is 0 Å². The van der Waals surface area contributed by atoms with E-state index in [1.165, 1.54) is 0 Å². The van der Waals surface area contributed by atoms with E-state index < -0.39 is 30.6 Å². The normalized spacial score (nSPS) is 44.6. The summed E-state index contributed by atoms with van der Waals surface area (Å²) in [6, 6.07) is 0. The summed E-state index contributed by atoms with van der Waals surface area (Å²) in [4.78, 5) is 0. The van der Waals surface area contributed by atoms with Gasteiger partial charge in [-0.3, -0.25) is 9.05 Å². The molecule has 1 saturated heterocycles. The summed E-state index contributed by atoms with van der Waals surface area (Å²) < 4.78 is 22.0. The summed E-state index contributed by atoms with van der Waals surface area (Å²) in [6.45, 7) is 0. The first-order valence-electron chi connectivity index (χ1n) is 3.48. The van der Waals surface area contributed by atoms with Crippen LogP contribution in [0.4, 0.5) is 0 Å². The highest BCUT2D eigenvalue weighted by Gasteiger charge is 2.46. The van der Waals surface area contributed by atoms with Gasteiger partial charge >= 0.3 is 7.66 Å². The fraction of sp³-hybridized carbons (Fsp3) is 1.00. The molecular formula is C2H2Cl6N3O2P3. The molecule has 0 aliphatic carbocycles. The zero-order chi connectivity index (χ0) is 12.2. The Morgan fingerprint density at radius 3 is 1.62 bits per heavy atom. The van der Waals surface area contributed by atoms with Crippen molar-refractivity contribution in [3.05, 3.63) is 0 Å². The summed E-state index contributed by atoms with van der Waals surface area (Å²) in [5, 5.41) is 0. The second kappa shape index (κ2) is 4.72. The average Bonchev–Trinajstić information content (AvgIpc) is 2.17. The quantitative estimate of drug-likeness (QED) is 0.323. The highest BCUT2D eigenvalue weighted by molar-refractivity contribution is 8.20. The van der Waals surface area contributed by atoms with Crippen LogP contribution in [0.15, 0.2) is 13.5 Å². The van der Waals surface area contributed by atoms with Gasteiger partial charge in [0.2, 0.25) is 0 Å². The molecule has 0 saturated carbocycles. The lowest BCUT2D eigenvalue weighted by molar-refractivity contribution is 0.292. The molecule has 2 rings (SSSR count). The summed E-state index contributed by atoms with van der Waals surface area (Å²) in [6.07, 6.45) is 0. The third-order valence-corrected chi connectivity index (χ3v) is 13.5. The van der Waals surface area contributed by atoms with E-state index in [0.29, 0.717) is 0 Å². The molecule has 0 amide bonds. The maximum atomic E-state index is 5.85. The van der Waals surface area contributed by atoms with Crippen LogP contribution in [0.3, 0.4) is 0 Å². The van der Waals surface area contributed by atoms with Gasteiger partial charge in [-0.15, -0.1) is 0 Å². The first-order valence-corrected chi connectivity index (χ1v) is 12.9. The van der Waals surface area contributed by atoms with Gasteiger partial charge in [-0.05, 0) is 45.0 Å². The van der Waals surface area contributed by atoms with Gasteiger partial charge in [0.25, 0.3) is 11.8 Å². The van der Waals surface area contributed by atoms with Gasteiger partial charge in [0, 0.05) is 0 Å². The van der Waals surface area contributed by atoms with Crippen molar-refractivity contribution in [1.82, 2.24) is 0 Å². The standard InChI is InChI=1S/C2H2Cl6N3O2P3/c3-1-2(4)13-16(12-1)10-14(5,6)9-15(7,8)11-16/h1-2H. The molecule has 14 heteroatoms. The van der Waals surface area contributed by atoms with Crippen molar-refractivity contribution in [1.29, 1.82) is 0 Å². The topological polar surface area (TPSA) is 55.5 Å². The van der Waals surface area contributed by atoms with E-state index in [0.717, 1.165) is 0 Å². The minimum atomic E-state index is -3.13. The number of alkyl halides is 2. The summed E-state index contributed by atoms with van der Waals surface area (Å²) in [5.41, 5.74) is -1.83. The van der Waals surface area contributed by atoms with Crippen LogP contribution in [-0.2, 0) is 9.05 Å². The second-order valence-electron chi connectivity index (χ2n) is 2.58. The minimum Gasteiger partial charge on any atom is -0.283 e. The predicted molar refractivity (Wildman–Crippen MR) is 72.9 cm³/mol. The summed E-state index contributed by atoms with van der Waals surface area (Å²) >= 11 is 34.8. The van der Waals surface area contributed by atoms with E-state index in [9.17, 15) is 0 Å². The van der Waals surface area contributed by atoms with E-state index in [2.05, 4.69) is 13.5 Å². The molecule has 2 aliphatic heterocycles. The Balaban J connectivity index is 2.57. The first-order chi connectivity index (χ1) is 7.13. The van der Waals surface area contributed by atoms with Crippen molar-refractivity contribution in [2.45, 2.75) is 11.1 Å². The maximum absolute atomic E-state index is 5.85. The molecule has 2 atom stereocenters. The summed E-state index contributed by atoms with van der Waals surface area (Å²) in [5.74, 6) is -6.11. The first kappa shape index (κ1) is 14.8. The van der Waals surface area contributed by atoms with Crippen molar-refractivity contribution in [3.8, 4) is 0 Å². The second-order valence-corrected chi connectivity index (χ2v) is 15.5. The summed E-state index contributed by atoms with van der Waals surface area (Å²) in [7, 11) is -3.13. The van der Waals surface area contributed by atoms with E-state index in [4.69, 9.17) is 77.2 Å². The van der Waals surface area contributed by atoms with Gasteiger partial charge in [-0.25, -0.2) is 0 Å². The molecule has 0 aromatic carbocycles. The number of nitrogens with zero attached hydrogens (tertiary/aromatic N) is 3. The maximum Gasteiger partial charge on any atom is 0.348 e. The van der Waals surface area contributed by atoms with Crippen molar-refractivity contribution < 1.29 is 9.05 Å². The molecule has 0 aromatic rings. The molecule has 2 heterocycles. The zero-order valence-corrected chi connectivity index (χ0v) is 14.1. The number of rotatable bonds is 0. The third kappa shape index (κ3) is 3.26. The molecule has 0 bridgehead atoms. The van der Waals surface area contributed by atoms with Crippen LogP contribution in [0, 0.1) is 0 Å². The Morgan fingerprint density at radius 2 is 1.19 bits per heavy atom. The predicted octanol–water partition coefficient (Wildman–Crippen LogP) is 6.97. The van der Waals surface area contributed by atoms with Crippen molar-refractivity contribution in [2.24, 2.45) is 13.5 Å². The lowest BCUT2D eigenvalue weighted by atomic mass is 10.8. The van der Waals surface area contributed by atoms with Crippen LogP contribution in [0.5, 0.6) is 0 Å². The smallest absolute Gasteiger partial charge is 0.283 e. The Kier molecular flexibility index (Phi) is 4.35. The van der Waals surface area contributed by atoms with Crippen LogP contribution in [0.2, 0.25) is 0 Å². The Hall–Kier alpha value is 2.35. The SMILES string of the molecule is ClC1OP2(=NP(Cl)(Cl)=NP(Cl)(Cl)=N2)OC1Cl. The van der Waals surface area contributed by atoms with E-state index in [1.54, 1.807) is 0 Å². The lowest BCUT2D eigenvalue weighted by Gasteiger charge is -2.20. The molecule has 5 nitrogen and oxygen atoms in total. The average molecular weight is 406 g/mol. The van der Waals surface area contributed by atoms with E-state index in [-0.39, 0.29) is 0 Å². The molecule has 0 radical (unpaired) electrons. The highest BCUT2D eigenvalue weighted by Crippen LogP contribution is 2.87. The van der Waals surface area contributed by atoms with Crippen molar-refractivity contribution in [2.75, 3.05) is 0 Å². The molecule has 2 aliphatic rings. The van der Waals surface area contributed by atoms with Gasteiger partial charge < -0.3 is 0 Å². The van der Waals surface area contributed by atoms with E-state index >= 15 is 0 Å². The molecule has 94 valence electrons. The van der Waals surface area contributed by atoms with Gasteiger partial charge in [-0.1, -0.05) is 23.2 Å². The van der Waals surface area contributed by atoms with Crippen LogP contribution >= 0.6 is 87.6 Å². The number of halogens is 6. The Labute approximate surface area is 121 Å². The van der Waals surface area contributed by atoms with Crippen LogP contribution in [0.25, 0.3) is 0 Å². The highest BCUT2D eigenvalue weighted by atomic mass is 35.9. The Morgan fingerprint density at radius 1 is 0.750 bits per heavy atom. The molecule has 1 fully saturated rings. The van der Waals surface area contributed by atoms with Crippen molar-refractivity contribution in [3.63, 3.8) is 0 Å². The molecule has 1 spiro atoms. The third-order valence-electron chi connectivity index (χ3n) is 1.34. The number of hydrogen-bond donors (Lipinski definition) is 0. The molecule has 2 unspecified atom stereocenters. The number of hydrogen-bond acceptors (Lipinski definition) is 5.